The van der Waals surface area contributed by atoms with Crippen molar-refractivity contribution in [3.8, 4) is 0 Å². The van der Waals surface area contributed by atoms with Gasteiger partial charge in [-0.25, -0.2) is 4.79 Å². The van der Waals surface area contributed by atoms with E-state index < -0.39 is 29.8 Å². The molecule has 3 unspecified atom stereocenters. The molecule has 10 heteroatoms. The van der Waals surface area contributed by atoms with Crippen LogP contribution >= 0.6 is 0 Å². The Balaban J connectivity index is 2.53. The van der Waals surface area contributed by atoms with E-state index in [0.717, 1.165) is 19.3 Å². The van der Waals surface area contributed by atoms with Gasteiger partial charge in [0, 0.05) is 43.7 Å². The fourth-order valence-electron chi connectivity index (χ4n) is 5.54. The summed E-state index contributed by atoms with van der Waals surface area (Å²) in [6.07, 6.45) is 1.11. The highest BCUT2D eigenvalue weighted by Gasteiger charge is 2.48. The number of carbonyl (C=O) groups is 1. The maximum atomic E-state index is 12.7. The number of nitrogens with zero attached hydrogens (tertiary/aromatic N) is 4. The van der Waals surface area contributed by atoms with Gasteiger partial charge in [-0.15, -0.1) is 0 Å². The maximum absolute atomic E-state index is 12.7. The van der Waals surface area contributed by atoms with Crippen LogP contribution in [0.25, 0.3) is 10.4 Å². The SMILES string of the molecule is CC[C@H](C)C[C@@](C)(OC)[C@H](O[C@@H]1OC(CN=[N+]=[N-])CC(N(C)C)C1C)[C@@H](C)C1=C(C)C(=O)OC(C)(C)O1. The van der Waals surface area contributed by atoms with Crippen LogP contribution in [0.15, 0.2) is 16.4 Å². The molecule has 0 aliphatic carbocycles. The molecule has 0 aromatic carbocycles. The molecule has 1 saturated heterocycles. The number of azide groups is 1. The van der Waals surface area contributed by atoms with E-state index in [-0.39, 0.29) is 30.5 Å². The number of esters is 1. The average Bonchev–Trinajstić information content (AvgIpc) is 2.83. The first kappa shape index (κ1) is 31.4. The molecule has 10 nitrogen and oxygen atoms in total. The van der Waals surface area contributed by atoms with Crippen molar-refractivity contribution in [2.75, 3.05) is 27.7 Å². The lowest BCUT2D eigenvalue weighted by Crippen LogP contribution is -2.56. The number of cyclic esters (lactones) is 1. The second-order valence-corrected chi connectivity index (χ2v) is 11.6. The van der Waals surface area contributed by atoms with Crippen molar-refractivity contribution < 1.29 is 28.5 Å². The second-order valence-electron chi connectivity index (χ2n) is 11.6. The molecule has 0 bridgehead atoms. The van der Waals surface area contributed by atoms with Crippen LogP contribution in [0.1, 0.15) is 74.7 Å². The summed E-state index contributed by atoms with van der Waals surface area (Å²) in [6.45, 7) is 15.9. The minimum atomic E-state index is -1.09. The van der Waals surface area contributed by atoms with E-state index >= 15 is 0 Å². The summed E-state index contributed by atoms with van der Waals surface area (Å²) in [7, 11) is 5.77. The van der Waals surface area contributed by atoms with Crippen LogP contribution in [0.3, 0.4) is 0 Å². The first-order valence-electron chi connectivity index (χ1n) is 13.4. The number of hydrogen-bond donors (Lipinski definition) is 0. The van der Waals surface area contributed by atoms with Gasteiger partial charge >= 0.3 is 5.97 Å². The lowest BCUT2D eigenvalue weighted by atomic mass is 9.80. The number of carbonyl (C=O) groups excluding carboxylic acids is 1. The normalized spacial score (nSPS) is 30.0. The lowest BCUT2D eigenvalue weighted by molar-refractivity contribution is -0.286. The van der Waals surface area contributed by atoms with Gasteiger partial charge in [-0.3, -0.25) is 0 Å². The molecule has 2 heterocycles. The van der Waals surface area contributed by atoms with Gasteiger partial charge in [0.1, 0.15) is 5.76 Å². The molecular weight excluding hydrogens is 476 g/mol. The van der Waals surface area contributed by atoms with Crippen molar-refractivity contribution in [2.24, 2.45) is 22.9 Å². The fourth-order valence-corrected chi connectivity index (χ4v) is 5.54. The van der Waals surface area contributed by atoms with E-state index in [1.54, 1.807) is 27.9 Å². The standard InChI is InChI=1S/C27H48N4O6/c1-12-16(2)14-27(8,33-11)23(18(4)22-19(5)24(32)37-26(6,7)36-22)35-25-17(3)21(31(9)10)13-20(34-25)15-29-30-28/h16-18,20-21,23,25H,12-15H2,1-11H3/t16-,17?,18-,20?,21?,23+,25-,27+/m0/s1. The molecule has 2 aliphatic heterocycles. The van der Waals surface area contributed by atoms with Gasteiger partial charge in [0.05, 0.1) is 29.9 Å². The molecular formula is C27H48N4O6. The van der Waals surface area contributed by atoms with E-state index in [1.807, 2.05) is 21.0 Å². The Morgan fingerprint density at radius 1 is 1.30 bits per heavy atom. The quantitative estimate of drug-likeness (QED) is 0.145. The molecule has 0 aromatic rings. The predicted octanol–water partition coefficient (Wildman–Crippen LogP) is 5.42. The Morgan fingerprint density at radius 2 is 1.95 bits per heavy atom. The van der Waals surface area contributed by atoms with Crippen LogP contribution in [0.4, 0.5) is 0 Å². The van der Waals surface area contributed by atoms with Crippen molar-refractivity contribution in [3.05, 3.63) is 21.8 Å². The Bertz CT molecular complexity index is 871. The average molecular weight is 525 g/mol. The summed E-state index contributed by atoms with van der Waals surface area (Å²) in [5.41, 5.74) is 8.60. The topological polar surface area (TPSA) is 115 Å². The third kappa shape index (κ3) is 7.60. The van der Waals surface area contributed by atoms with Gasteiger partial charge in [-0.1, -0.05) is 39.2 Å². The van der Waals surface area contributed by atoms with Gasteiger partial charge in [-0.05, 0) is 52.2 Å². The van der Waals surface area contributed by atoms with E-state index in [2.05, 4.69) is 42.6 Å². The molecule has 0 saturated carbocycles. The Morgan fingerprint density at radius 3 is 2.49 bits per heavy atom. The molecule has 0 aromatic heterocycles. The minimum absolute atomic E-state index is 0.0282. The molecule has 2 aliphatic rings. The van der Waals surface area contributed by atoms with E-state index in [1.165, 1.54) is 0 Å². The van der Waals surface area contributed by atoms with Crippen LogP contribution in [0.2, 0.25) is 0 Å². The third-order valence-electron chi connectivity index (χ3n) is 7.92. The molecule has 2 rings (SSSR count). The smallest absolute Gasteiger partial charge is 0.340 e. The molecule has 0 N–H and O–H groups in total. The Labute approximate surface area is 222 Å². The lowest BCUT2D eigenvalue weighted by Gasteiger charge is -2.48. The largest absolute Gasteiger partial charge is 0.456 e. The van der Waals surface area contributed by atoms with Gasteiger partial charge in [-0.2, -0.15) is 0 Å². The summed E-state index contributed by atoms with van der Waals surface area (Å²) >= 11 is 0. The van der Waals surface area contributed by atoms with Crippen molar-refractivity contribution in [3.63, 3.8) is 0 Å². The zero-order valence-corrected chi connectivity index (χ0v) is 24.6. The van der Waals surface area contributed by atoms with Crippen LogP contribution in [-0.4, -0.2) is 74.5 Å². The van der Waals surface area contributed by atoms with Crippen LogP contribution in [-0.2, 0) is 28.5 Å². The zero-order valence-electron chi connectivity index (χ0n) is 24.6. The van der Waals surface area contributed by atoms with Gasteiger partial charge in [0.2, 0.25) is 5.79 Å². The van der Waals surface area contributed by atoms with Gasteiger partial charge < -0.3 is 28.6 Å². The summed E-state index contributed by atoms with van der Waals surface area (Å²) in [4.78, 5) is 17.8. The minimum Gasteiger partial charge on any atom is -0.456 e. The van der Waals surface area contributed by atoms with E-state index in [4.69, 9.17) is 29.2 Å². The highest BCUT2D eigenvalue weighted by Crippen LogP contribution is 2.41. The molecule has 8 atom stereocenters. The summed E-state index contributed by atoms with van der Waals surface area (Å²) < 4.78 is 31.1. The Kier molecular flexibility index (Phi) is 10.9. The van der Waals surface area contributed by atoms with Crippen molar-refractivity contribution >= 4 is 5.97 Å². The number of hydrogen-bond acceptors (Lipinski definition) is 8. The van der Waals surface area contributed by atoms with E-state index in [0.29, 0.717) is 17.3 Å². The molecule has 37 heavy (non-hydrogen) atoms. The van der Waals surface area contributed by atoms with Gasteiger partial charge in [0.25, 0.3) is 0 Å². The predicted molar refractivity (Wildman–Crippen MR) is 141 cm³/mol. The number of methoxy groups -OCH3 is 1. The van der Waals surface area contributed by atoms with Crippen LogP contribution < -0.4 is 0 Å². The molecule has 1 fully saturated rings. The van der Waals surface area contributed by atoms with E-state index in [9.17, 15) is 4.79 Å². The fraction of sp³-hybridized carbons (Fsp3) is 0.889. The number of ether oxygens (including phenoxy) is 5. The van der Waals surface area contributed by atoms with Crippen LogP contribution in [0.5, 0.6) is 0 Å². The molecule has 0 amide bonds. The highest BCUT2D eigenvalue weighted by molar-refractivity contribution is 5.89. The first-order chi connectivity index (χ1) is 17.2. The summed E-state index contributed by atoms with van der Waals surface area (Å²) in [6, 6.07) is 0.165. The third-order valence-corrected chi connectivity index (χ3v) is 7.92. The number of rotatable bonds is 12. The monoisotopic (exact) mass is 524 g/mol. The molecule has 0 spiro atoms. The van der Waals surface area contributed by atoms with Crippen molar-refractivity contribution in [2.45, 2.75) is 111 Å². The van der Waals surface area contributed by atoms with Crippen molar-refractivity contribution in [1.29, 1.82) is 0 Å². The second kappa shape index (κ2) is 12.8. The summed E-state index contributed by atoms with van der Waals surface area (Å²) in [5, 5.41) is 3.76. The first-order valence-corrected chi connectivity index (χ1v) is 13.4. The summed E-state index contributed by atoms with van der Waals surface area (Å²) in [5.74, 6) is -0.883. The zero-order chi connectivity index (χ0) is 28.1. The molecule has 212 valence electrons. The molecule has 0 radical (unpaired) electrons. The van der Waals surface area contributed by atoms with Crippen LogP contribution in [0, 0.1) is 17.8 Å². The van der Waals surface area contributed by atoms with Gasteiger partial charge in [0.15, 0.2) is 6.29 Å². The highest BCUT2D eigenvalue weighted by atomic mass is 16.7. The van der Waals surface area contributed by atoms with Crippen molar-refractivity contribution in [1.82, 2.24) is 4.90 Å². The Hall–Kier alpha value is -1.84. The maximum Gasteiger partial charge on any atom is 0.340 e.